The largest absolute Gasteiger partial charge is 0.352 e. The van der Waals surface area contributed by atoms with Gasteiger partial charge in [-0.1, -0.05) is 6.07 Å². The van der Waals surface area contributed by atoms with Gasteiger partial charge in [-0.2, -0.15) is 0 Å². The molecule has 3 rings (SSSR count). The molecule has 1 aliphatic carbocycles. The van der Waals surface area contributed by atoms with Crippen molar-refractivity contribution in [2.24, 2.45) is 0 Å². The minimum atomic E-state index is -3.71. The zero-order chi connectivity index (χ0) is 20.5. The Morgan fingerprint density at radius 3 is 2.64 bits per heavy atom. The van der Waals surface area contributed by atoms with Crippen molar-refractivity contribution in [1.82, 2.24) is 24.8 Å². The Kier molecular flexibility index (Phi) is 5.58. The molecule has 1 fully saturated rings. The highest BCUT2D eigenvalue weighted by atomic mass is 32.2. The van der Waals surface area contributed by atoms with Gasteiger partial charge in [0.15, 0.2) is 0 Å². The van der Waals surface area contributed by atoms with Gasteiger partial charge in [-0.3, -0.25) is 4.79 Å². The summed E-state index contributed by atoms with van der Waals surface area (Å²) >= 11 is 0. The van der Waals surface area contributed by atoms with E-state index in [-0.39, 0.29) is 10.8 Å². The van der Waals surface area contributed by atoms with Crippen LogP contribution in [0.5, 0.6) is 0 Å². The van der Waals surface area contributed by atoms with Gasteiger partial charge in [-0.15, -0.1) is 10.2 Å². The summed E-state index contributed by atoms with van der Waals surface area (Å²) in [6.07, 6.45) is 4.58. The number of benzene rings is 1. The number of hydrogen-bond acceptors (Lipinski definition) is 5. The first-order valence-electron chi connectivity index (χ1n) is 9.38. The fraction of sp³-hybridized carbons (Fsp3) is 0.526. The molecule has 28 heavy (non-hydrogen) atoms. The molecule has 0 atom stereocenters. The summed E-state index contributed by atoms with van der Waals surface area (Å²) in [6.45, 7) is 7.50. The van der Waals surface area contributed by atoms with Gasteiger partial charge in [0, 0.05) is 30.1 Å². The third-order valence-corrected chi connectivity index (χ3v) is 6.18. The number of carbonyl (C=O) groups excluding carboxylic acids is 1. The van der Waals surface area contributed by atoms with Crippen LogP contribution in [0.3, 0.4) is 0 Å². The molecule has 0 radical (unpaired) electrons. The number of rotatable bonds is 7. The van der Waals surface area contributed by atoms with Crippen molar-refractivity contribution >= 4 is 15.9 Å². The quantitative estimate of drug-likeness (QED) is 0.733. The highest BCUT2D eigenvalue weighted by Crippen LogP contribution is 2.35. The lowest BCUT2D eigenvalue weighted by Crippen LogP contribution is -2.40. The molecule has 0 saturated heterocycles. The van der Waals surface area contributed by atoms with Crippen molar-refractivity contribution in [3.05, 3.63) is 41.5 Å². The molecule has 0 spiro atoms. The molecule has 0 aliphatic heterocycles. The van der Waals surface area contributed by atoms with Crippen molar-refractivity contribution in [3.8, 4) is 0 Å². The van der Waals surface area contributed by atoms with Gasteiger partial charge in [0.1, 0.15) is 12.2 Å². The van der Waals surface area contributed by atoms with E-state index in [1.807, 2.05) is 0 Å². The molecule has 0 bridgehead atoms. The van der Waals surface area contributed by atoms with Crippen molar-refractivity contribution in [2.75, 3.05) is 6.54 Å². The average Bonchev–Trinajstić information content (AvgIpc) is 3.32. The van der Waals surface area contributed by atoms with Crippen molar-refractivity contribution in [2.45, 2.75) is 63.4 Å². The lowest BCUT2D eigenvalue weighted by Gasteiger charge is -2.20. The first-order chi connectivity index (χ1) is 13.1. The van der Waals surface area contributed by atoms with Crippen LogP contribution in [-0.2, 0) is 16.4 Å². The number of sulfonamides is 1. The zero-order valence-corrected chi connectivity index (χ0v) is 17.5. The maximum absolute atomic E-state index is 12.6. The molecular formula is C19H27N5O3S. The average molecular weight is 406 g/mol. The summed E-state index contributed by atoms with van der Waals surface area (Å²) in [6, 6.07) is 5.07. The number of aromatic nitrogens is 3. The fourth-order valence-electron chi connectivity index (χ4n) is 2.96. The van der Waals surface area contributed by atoms with Gasteiger partial charge in [0.2, 0.25) is 10.0 Å². The Labute approximate surface area is 165 Å². The SMILES string of the molecule is Cc1ccc(S(=O)(=O)NC(C)(C)C)cc1C(=O)NCCc1nncn1C1CC1. The maximum atomic E-state index is 12.6. The Balaban J connectivity index is 1.68. The predicted octanol–water partition coefficient (Wildman–Crippen LogP) is 1.97. The van der Waals surface area contributed by atoms with E-state index < -0.39 is 15.6 Å². The van der Waals surface area contributed by atoms with Crippen LogP contribution in [0.4, 0.5) is 0 Å². The van der Waals surface area contributed by atoms with Crippen LogP contribution in [-0.4, -0.2) is 41.2 Å². The van der Waals surface area contributed by atoms with E-state index in [0.29, 0.717) is 30.1 Å². The smallest absolute Gasteiger partial charge is 0.251 e. The molecule has 1 amide bonds. The van der Waals surface area contributed by atoms with E-state index in [1.54, 1.807) is 40.1 Å². The summed E-state index contributed by atoms with van der Waals surface area (Å²) < 4.78 is 29.8. The summed E-state index contributed by atoms with van der Waals surface area (Å²) in [5.41, 5.74) is 0.456. The topological polar surface area (TPSA) is 106 Å². The monoisotopic (exact) mass is 405 g/mol. The van der Waals surface area contributed by atoms with Crippen LogP contribution in [0, 0.1) is 6.92 Å². The number of amides is 1. The van der Waals surface area contributed by atoms with E-state index in [2.05, 4.69) is 24.8 Å². The van der Waals surface area contributed by atoms with Crippen molar-refractivity contribution < 1.29 is 13.2 Å². The zero-order valence-electron chi connectivity index (χ0n) is 16.7. The summed E-state index contributed by atoms with van der Waals surface area (Å²) in [4.78, 5) is 12.7. The molecule has 1 aromatic heterocycles. The van der Waals surface area contributed by atoms with Gasteiger partial charge in [0.25, 0.3) is 5.91 Å². The summed E-state index contributed by atoms with van der Waals surface area (Å²) in [5, 5.41) is 10.9. The third kappa shape index (κ3) is 4.96. The van der Waals surface area contributed by atoms with E-state index in [1.165, 1.54) is 12.1 Å². The second-order valence-corrected chi connectivity index (χ2v) is 9.91. The van der Waals surface area contributed by atoms with Crippen molar-refractivity contribution in [1.29, 1.82) is 0 Å². The fourth-order valence-corrected chi connectivity index (χ4v) is 4.41. The number of nitrogens with zero attached hydrogens (tertiary/aromatic N) is 3. The number of aryl methyl sites for hydroxylation is 1. The van der Waals surface area contributed by atoms with Crippen LogP contribution < -0.4 is 10.0 Å². The predicted molar refractivity (Wildman–Crippen MR) is 106 cm³/mol. The Bertz CT molecular complexity index is 972. The molecule has 0 unspecified atom stereocenters. The first-order valence-corrected chi connectivity index (χ1v) is 10.9. The number of nitrogens with one attached hydrogen (secondary N) is 2. The molecule has 1 aliphatic rings. The molecule has 1 heterocycles. The second kappa shape index (κ2) is 7.63. The molecule has 152 valence electrons. The van der Waals surface area contributed by atoms with Crippen LogP contribution in [0.1, 0.15) is 61.4 Å². The normalized spacial score (nSPS) is 14.9. The van der Waals surface area contributed by atoms with E-state index in [9.17, 15) is 13.2 Å². The molecule has 2 N–H and O–H groups in total. The van der Waals surface area contributed by atoms with Crippen LogP contribution >= 0.6 is 0 Å². The van der Waals surface area contributed by atoms with E-state index in [4.69, 9.17) is 0 Å². The summed E-state index contributed by atoms with van der Waals surface area (Å²) in [7, 11) is -3.71. The highest BCUT2D eigenvalue weighted by Gasteiger charge is 2.26. The minimum Gasteiger partial charge on any atom is -0.352 e. The Hall–Kier alpha value is -2.26. The third-order valence-electron chi connectivity index (χ3n) is 4.43. The molecule has 2 aromatic rings. The molecular weight excluding hydrogens is 378 g/mol. The van der Waals surface area contributed by atoms with Crippen molar-refractivity contribution in [3.63, 3.8) is 0 Å². The van der Waals surface area contributed by atoms with Gasteiger partial charge < -0.3 is 9.88 Å². The van der Waals surface area contributed by atoms with Gasteiger partial charge >= 0.3 is 0 Å². The molecule has 1 saturated carbocycles. The first kappa shape index (κ1) is 20.5. The van der Waals surface area contributed by atoms with Gasteiger partial charge in [0.05, 0.1) is 4.90 Å². The molecule has 8 nitrogen and oxygen atoms in total. The van der Waals surface area contributed by atoms with Gasteiger partial charge in [-0.25, -0.2) is 13.1 Å². The molecule has 1 aromatic carbocycles. The highest BCUT2D eigenvalue weighted by molar-refractivity contribution is 7.89. The maximum Gasteiger partial charge on any atom is 0.251 e. The van der Waals surface area contributed by atoms with Crippen LogP contribution in [0.2, 0.25) is 0 Å². The number of carbonyl (C=O) groups is 1. The van der Waals surface area contributed by atoms with E-state index >= 15 is 0 Å². The summed E-state index contributed by atoms with van der Waals surface area (Å²) in [5.74, 6) is 0.549. The minimum absolute atomic E-state index is 0.0756. The van der Waals surface area contributed by atoms with Gasteiger partial charge in [-0.05, 0) is 58.2 Å². The lowest BCUT2D eigenvalue weighted by atomic mass is 10.1. The Morgan fingerprint density at radius 1 is 1.29 bits per heavy atom. The lowest BCUT2D eigenvalue weighted by molar-refractivity contribution is 0.0953. The second-order valence-electron chi connectivity index (χ2n) is 8.22. The van der Waals surface area contributed by atoms with Crippen LogP contribution in [0.15, 0.2) is 29.4 Å². The van der Waals surface area contributed by atoms with Crippen LogP contribution in [0.25, 0.3) is 0 Å². The van der Waals surface area contributed by atoms with E-state index in [0.717, 1.165) is 18.7 Å². The standard InChI is InChI=1S/C19H27N5O3S/c1-13-5-8-15(28(26,27)23-19(2,3)4)11-16(13)18(25)20-10-9-17-22-21-12-24(17)14-6-7-14/h5,8,11-12,14,23H,6-7,9-10H2,1-4H3,(H,20,25). The molecule has 9 heteroatoms. The number of hydrogen-bond donors (Lipinski definition) is 2. The Morgan fingerprint density at radius 2 is 2.00 bits per heavy atom.